The number of allylic oxidation sites excluding steroid dienone is 2. The van der Waals surface area contributed by atoms with Crippen molar-refractivity contribution in [3.63, 3.8) is 0 Å². The molecule has 0 bridgehead atoms. The Balaban J connectivity index is 4.25. The van der Waals surface area contributed by atoms with Gasteiger partial charge in [-0.3, -0.25) is 4.99 Å². The number of hydrogen-bond donors (Lipinski definition) is 1. The van der Waals surface area contributed by atoms with Crippen molar-refractivity contribution in [3.05, 3.63) is 11.3 Å². The molecule has 0 aliphatic rings. The van der Waals surface area contributed by atoms with Crippen LogP contribution in [0.3, 0.4) is 0 Å². The molecule has 44 valence electrons. The first-order chi connectivity index (χ1) is 3.72. The van der Waals surface area contributed by atoms with Crippen LogP contribution >= 0.6 is 0 Å². The van der Waals surface area contributed by atoms with Crippen LogP contribution in [0, 0.1) is 5.41 Å². The second-order valence-corrected chi connectivity index (χ2v) is 1.57. The van der Waals surface area contributed by atoms with Crippen molar-refractivity contribution in [2.45, 2.75) is 13.8 Å². The molecule has 8 heavy (non-hydrogen) atoms. The topological polar surface area (TPSA) is 36.2 Å². The lowest BCUT2D eigenvalue weighted by molar-refractivity contribution is 1.27. The largest absolute Gasteiger partial charge is 0.308 e. The van der Waals surface area contributed by atoms with Crippen LogP contribution in [0.5, 0.6) is 0 Å². The first kappa shape index (κ1) is 7.08. The number of nitrogens with zero attached hydrogens (tertiary/aromatic N) is 1. The lowest BCUT2D eigenvalue weighted by Crippen LogP contribution is -1.78. The number of hydrogen-bond acceptors (Lipinski definition) is 2. The molecule has 0 saturated carbocycles. The molecule has 2 nitrogen and oxygen atoms in total. The van der Waals surface area contributed by atoms with E-state index >= 15 is 0 Å². The number of nitrogens with one attached hydrogen (secondary N) is 1. The molecule has 0 aliphatic carbocycles. The Kier molecular flexibility index (Phi) is 2.77. The van der Waals surface area contributed by atoms with Gasteiger partial charge in [-0.05, 0) is 26.1 Å². The highest BCUT2D eigenvalue weighted by atomic mass is 14.7. The monoisotopic (exact) mass is 110 g/mol. The van der Waals surface area contributed by atoms with Crippen molar-refractivity contribution in [3.8, 4) is 0 Å². The van der Waals surface area contributed by atoms with Gasteiger partial charge < -0.3 is 5.41 Å². The lowest BCUT2D eigenvalue weighted by atomic mass is 10.3. The Hall–Kier alpha value is -0.920. The molecule has 0 aromatic carbocycles. The highest BCUT2D eigenvalue weighted by Crippen LogP contribution is 1.98. The Morgan fingerprint density at radius 1 is 1.62 bits per heavy atom. The van der Waals surface area contributed by atoms with E-state index in [0.29, 0.717) is 0 Å². The molecule has 0 atom stereocenters. The molecule has 0 aliphatic heterocycles. The Labute approximate surface area is 49.5 Å². The third-order valence-electron chi connectivity index (χ3n) is 1.02. The number of rotatable bonds is 2. The molecule has 0 heterocycles. The fourth-order valence-corrected chi connectivity index (χ4v) is 0.229. The standard InChI is InChI=1S/C6H10N2/c1-5(4-7)6(2)8-3/h4,7H,3H2,1-2H3/b6-5+,7-4?. The fraction of sp³-hybridized carbons (Fsp3) is 0.333. The second kappa shape index (κ2) is 3.13. The molecule has 0 fully saturated rings. The summed E-state index contributed by atoms with van der Waals surface area (Å²) < 4.78 is 0. The lowest BCUT2D eigenvalue weighted by Gasteiger charge is -1.90. The van der Waals surface area contributed by atoms with E-state index in [0.717, 1.165) is 11.3 Å². The van der Waals surface area contributed by atoms with Crippen LogP contribution < -0.4 is 0 Å². The molecule has 1 N–H and O–H groups in total. The predicted octanol–water partition coefficient (Wildman–Crippen LogP) is 1.63. The molecule has 0 saturated heterocycles. The zero-order valence-electron chi connectivity index (χ0n) is 5.23. The van der Waals surface area contributed by atoms with E-state index in [9.17, 15) is 0 Å². The van der Waals surface area contributed by atoms with Gasteiger partial charge in [-0.25, -0.2) is 0 Å². The summed E-state index contributed by atoms with van der Waals surface area (Å²) in [5, 5.41) is 6.77. The fourth-order valence-electron chi connectivity index (χ4n) is 0.229. The Morgan fingerprint density at radius 2 is 2.12 bits per heavy atom. The smallest absolute Gasteiger partial charge is 0.0409 e. The van der Waals surface area contributed by atoms with Gasteiger partial charge in [0.1, 0.15) is 0 Å². The van der Waals surface area contributed by atoms with Crippen LogP contribution in [0.25, 0.3) is 0 Å². The summed E-state index contributed by atoms with van der Waals surface area (Å²) in [6.45, 7) is 6.98. The van der Waals surface area contributed by atoms with Gasteiger partial charge in [0, 0.05) is 11.9 Å². The van der Waals surface area contributed by atoms with Crippen molar-refractivity contribution < 1.29 is 0 Å². The summed E-state index contributed by atoms with van der Waals surface area (Å²) in [5.74, 6) is 0. The van der Waals surface area contributed by atoms with Gasteiger partial charge in [0.2, 0.25) is 0 Å². The Bertz CT molecular complexity index is 117. The molecule has 0 amide bonds. The first-order valence-electron chi connectivity index (χ1n) is 2.37. The van der Waals surface area contributed by atoms with Gasteiger partial charge in [0.25, 0.3) is 0 Å². The van der Waals surface area contributed by atoms with Gasteiger partial charge in [0.05, 0.1) is 0 Å². The van der Waals surface area contributed by atoms with E-state index in [1.807, 2.05) is 13.8 Å². The molecule has 0 aromatic heterocycles. The van der Waals surface area contributed by atoms with Gasteiger partial charge in [-0.15, -0.1) is 0 Å². The van der Waals surface area contributed by atoms with Crippen molar-refractivity contribution in [2.24, 2.45) is 4.99 Å². The van der Waals surface area contributed by atoms with Crippen molar-refractivity contribution in [1.29, 1.82) is 5.41 Å². The van der Waals surface area contributed by atoms with Crippen molar-refractivity contribution in [2.75, 3.05) is 0 Å². The maximum atomic E-state index is 6.77. The predicted molar refractivity (Wildman–Crippen MR) is 36.7 cm³/mol. The van der Waals surface area contributed by atoms with Crippen LogP contribution in [0.1, 0.15) is 13.8 Å². The summed E-state index contributed by atoms with van der Waals surface area (Å²) in [7, 11) is 0. The van der Waals surface area contributed by atoms with Gasteiger partial charge in [0.15, 0.2) is 0 Å². The molecule has 0 aromatic rings. The highest BCUT2D eigenvalue weighted by Gasteiger charge is 1.85. The van der Waals surface area contributed by atoms with Gasteiger partial charge >= 0.3 is 0 Å². The van der Waals surface area contributed by atoms with E-state index < -0.39 is 0 Å². The summed E-state index contributed by atoms with van der Waals surface area (Å²) in [6, 6.07) is 0. The molecule has 0 unspecified atom stereocenters. The van der Waals surface area contributed by atoms with Crippen LogP contribution in [-0.2, 0) is 0 Å². The van der Waals surface area contributed by atoms with E-state index in [2.05, 4.69) is 11.7 Å². The third kappa shape index (κ3) is 1.69. The quantitative estimate of drug-likeness (QED) is 0.524. The molecule has 0 rings (SSSR count). The zero-order chi connectivity index (χ0) is 6.57. The van der Waals surface area contributed by atoms with Crippen LogP contribution in [0.4, 0.5) is 0 Å². The van der Waals surface area contributed by atoms with Crippen molar-refractivity contribution >= 4 is 12.9 Å². The average Bonchev–Trinajstić information content (AvgIpc) is 1.84. The minimum atomic E-state index is 0.819. The first-order valence-corrected chi connectivity index (χ1v) is 2.37. The molecule has 0 radical (unpaired) electrons. The number of aliphatic imine (C=N–C) groups is 1. The third-order valence-corrected chi connectivity index (χ3v) is 1.02. The normalized spacial score (nSPS) is 12.2. The van der Waals surface area contributed by atoms with Crippen LogP contribution in [-0.4, -0.2) is 12.9 Å². The summed E-state index contributed by atoms with van der Waals surface area (Å²) >= 11 is 0. The summed E-state index contributed by atoms with van der Waals surface area (Å²) in [5.41, 5.74) is 1.68. The Morgan fingerprint density at radius 3 is 2.25 bits per heavy atom. The molecule has 2 heteroatoms. The van der Waals surface area contributed by atoms with Crippen LogP contribution in [0.2, 0.25) is 0 Å². The summed E-state index contributed by atoms with van der Waals surface area (Å²) in [4.78, 5) is 3.64. The summed E-state index contributed by atoms with van der Waals surface area (Å²) in [6.07, 6.45) is 1.27. The average molecular weight is 110 g/mol. The zero-order valence-corrected chi connectivity index (χ0v) is 5.23. The maximum Gasteiger partial charge on any atom is 0.0409 e. The van der Waals surface area contributed by atoms with E-state index in [4.69, 9.17) is 5.41 Å². The minimum Gasteiger partial charge on any atom is -0.308 e. The van der Waals surface area contributed by atoms with Gasteiger partial charge in [-0.2, -0.15) is 0 Å². The van der Waals surface area contributed by atoms with E-state index in [1.165, 1.54) is 6.21 Å². The minimum absolute atomic E-state index is 0.819. The van der Waals surface area contributed by atoms with E-state index in [-0.39, 0.29) is 0 Å². The maximum absolute atomic E-state index is 6.77. The molecular formula is C6H10N2. The van der Waals surface area contributed by atoms with Crippen LogP contribution in [0.15, 0.2) is 16.3 Å². The van der Waals surface area contributed by atoms with E-state index in [1.54, 1.807) is 0 Å². The second-order valence-electron chi connectivity index (χ2n) is 1.57. The van der Waals surface area contributed by atoms with Gasteiger partial charge in [-0.1, -0.05) is 0 Å². The highest BCUT2D eigenvalue weighted by molar-refractivity contribution is 5.75. The SMILES string of the molecule is C=N/C(C)=C(\C)C=N. The molecule has 0 spiro atoms. The van der Waals surface area contributed by atoms with Crippen molar-refractivity contribution in [1.82, 2.24) is 0 Å². The molecular weight excluding hydrogens is 100 g/mol.